The molecule has 3 N–H and O–H groups in total. The molecule has 0 aliphatic rings. The maximum absolute atomic E-state index is 11.8. The fourth-order valence-corrected chi connectivity index (χ4v) is 1.77. The Morgan fingerprint density at radius 1 is 0.944 bits per heavy atom. The molecule has 104 valence electrons. The molecule has 0 spiro atoms. The van der Waals surface area contributed by atoms with Crippen molar-refractivity contribution in [2.45, 2.75) is 58.5 Å². The molecular formula is C12H22N2O4. The van der Waals surface area contributed by atoms with Crippen LogP contribution in [0.4, 0.5) is 0 Å². The first-order valence-electron chi connectivity index (χ1n) is 5.75. The van der Waals surface area contributed by atoms with Crippen LogP contribution in [0.1, 0.15) is 47.5 Å². The number of carboxylic acid groups (broad SMARTS) is 1. The SMILES string of the molecule is CC(=O)NC(C)(C)CC(=O)NC(C)(C)CC(=O)O. The Balaban J connectivity index is 4.42. The zero-order valence-corrected chi connectivity index (χ0v) is 11.6. The molecule has 0 aromatic carbocycles. The van der Waals surface area contributed by atoms with Gasteiger partial charge in [-0.25, -0.2) is 0 Å². The smallest absolute Gasteiger partial charge is 0.305 e. The Labute approximate surface area is 107 Å². The minimum Gasteiger partial charge on any atom is -0.481 e. The maximum atomic E-state index is 11.8. The van der Waals surface area contributed by atoms with Gasteiger partial charge in [-0.2, -0.15) is 0 Å². The molecule has 6 heteroatoms. The van der Waals surface area contributed by atoms with Crippen LogP contribution in [0.5, 0.6) is 0 Å². The summed E-state index contributed by atoms with van der Waals surface area (Å²) in [6.07, 6.45) is -0.0606. The van der Waals surface area contributed by atoms with Crippen LogP contribution in [0.15, 0.2) is 0 Å². The Kier molecular flexibility index (Phi) is 5.32. The van der Waals surface area contributed by atoms with Crippen molar-refractivity contribution in [2.24, 2.45) is 0 Å². The van der Waals surface area contributed by atoms with Crippen LogP contribution in [0.2, 0.25) is 0 Å². The van der Waals surface area contributed by atoms with Crippen LogP contribution >= 0.6 is 0 Å². The summed E-state index contributed by atoms with van der Waals surface area (Å²) < 4.78 is 0. The van der Waals surface area contributed by atoms with Gasteiger partial charge >= 0.3 is 5.97 Å². The van der Waals surface area contributed by atoms with E-state index in [0.717, 1.165) is 0 Å². The van der Waals surface area contributed by atoms with Gasteiger partial charge < -0.3 is 15.7 Å². The van der Waals surface area contributed by atoms with Gasteiger partial charge in [0.1, 0.15) is 0 Å². The minimum atomic E-state index is -0.971. The number of hydrogen-bond acceptors (Lipinski definition) is 3. The number of carbonyl (C=O) groups is 3. The van der Waals surface area contributed by atoms with E-state index < -0.39 is 17.0 Å². The maximum Gasteiger partial charge on any atom is 0.305 e. The van der Waals surface area contributed by atoms with Crippen LogP contribution in [-0.4, -0.2) is 34.0 Å². The molecule has 0 aliphatic heterocycles. The van der Waals surface area contributed by atoms with E-state index in [0.29, 0.717) is 0 Å². The molecular weight excluding hydrogens is 236 g/mol. The predicted octanol–water partition coefficient (Wildman–Crippen LogP) is 0.661. The lowest BCUT2D eigenvalue weighted by Gasteiger charge is -2.29. The van der Waals surface area contributed by atoms with Gasteiger partial charge in [0.15, 0.2) is 0 Å². The van der Waals surface area contributed by atoms with Crippen molar-refractivity contribution in [3.8, 4) is 0 Å². The summed E-state index contributed by atoms with van der Waals surface area (Å²) >= 11 is 0. The van der Waals surface area contributed by atoms with E-state index >= 15 is 0 Å². The Bertz CT molecular complexity index is 316. The average Bonchev–Trinajstić information content (AvgIpc) is 1.92. The van der Waals surface area contributed by atoms with Gasteiger partial charge in [-0.3, -0.25) is 14.4 Å². The van der Waals surface area contributed by atoms with Crippen LogP contribution in [0.25, 0.3) is 0 Å². The summed E-state index contributed by atoms with van der Waals surface area (Å²) in [5.41, 5.74) is -1.47. The molecule has 6 nitrogen and oxygen atoms in total. The van der Waals surface area contributed by atoms with Crippen LogP contribution < -0.4 is 10.6 Å². The lowest BCUT2D eigenvalue weighted by Crippen LogP contribution is -2.50. The zero-order valence-electron chi connectivity index (χ0n) is 11.6. The van der Waals surface area contributed by atoms with E-state index in [-0.39, 0.29) is 24.7 Å². The minimum absolute atomic E-state index is 0.0929. The highest BCUT2D eigenvalue weighted by Crippen LogP contribution is 2.12. The summed E-state index contributed by atoms with van der Waals surface area (Å²) in [5.74, 6) is -1.47. The molecule has 0 rings (SSSR count). The van der Waals surface area contributed by atoms with E-state index in [1.165, 1.54) is 6.92 Å². The van der Waals surface area contributed by atoms with Gasteiger partial charge in [0.05, 0.1) is 6.42 Å². The third-order valence-electron chi connectivity index (χ3n) is 2.19. The van der Waals surface area contributed by atoms with Crippen molar-refractivity contribution in [1.82, 2.24) is 10.6 Å². The number of nitrogens with one attached hydrogen (secondary N) is 2. The number of amides is 2. The summed E-state index contributed by atoms with van der Waals surface area (Å²) in [5, 5.41) is 14.0. The summed E-state index contributed by atoms with van der Waals surface area (Å²) in [4.78, 5) is 33.4. The number of aliphatic carboxylic acids is 1. The Morgan fingerprint density at radius 2 is 1.39 bits per heavy atom. The first-order chi connectivity index (χ1) is 7.93. The molecule has 0 aromatic heterocycles. The average molecular weight is 258 g/mol. The van der Waals surface area contributed by atoms with Crippen LogP contribution in [-0.2, 0) is 14.4 Å². The Hall–Kier alpha value is -1.59. The lowest BCUT2D eigenvalue weighted by atomic mass is 9.96. The van der Waals surface area contributed by atoms with E-state index in [2.05, 4.69) is 10.6 Å². The fraction of sp³-hybridized carbons (Fsp3) is 0.750. The van der Waals surface area contributed by atoms with Crippen molar-refractivity contribution in [3.63, 3.8) is 0 Å². The number of hydrogen-bond donors (Lipinski definition) is 3. The van der Waals surface area contributed by atoms with Gasteiger partial charge in [-0.1, -0.05) is 0 Å². The second-order valence-corrected chi connectivity index (χ2v) is 5.74. The van der Waals surface area contributed by atoms with E-state index in [4.69, 9.17) is 5.11 Å². The number of carbonyl (C=O) groups excluding carboxylic acids is 2. The normalized spacial score (nSPS) is 11.8. The molecule has 0 aromatic rings. The van der Waals surface area contributed by atoms with Crippen LogP contribution in [0, 0.1) is 0 Å². The first-order valence-corrected chi connectivity index (χ1v) is 5.75. The highest BCUT2D eigenvalue weighted by atomic mass is 16.4. The lowest BCUT2D eigenvalue weighted by molar-refractivity contribution is -0.138. The molecule has 0 bridgehead atoms. The Morgan fingerprint density at radius 3 is 1.78 bits per heavy atom. The second kappa shape index (κ2) is 5.84. The zero-order chi connectivity index (χ0) is 14.6. The first kappa shape index (κ1) is 16.4. The fourth-order valence-electron chi connectivity index (χ4n) is 1.77. The van der Waals surface area contributed by atoms with Crippen molar-refractivity contribution in [3.05, 3.63) is 0 Å². The third kappa shape index (κ3) is 7.65. The molecule has 2 amide bonds. The standard InChI is InChI=1S/C12H22N2O4/c1-8(15)13-11(2,3)6-9(16)14-12(4,5)7-10(17)18/h6-7H2,1-5H3,(H,13,15)(H,14,16)(H,17,18). The molecule has 18 heavy (non-hydrogen) atoms. The van der Waals surface area contributed by atoms with Gasteiger partial charge in [0.25, 0.3) is 0 Å². The molecule has 0 saturated carbocycles. The summed E-state index contributed by atoms with van der Waals surface area (Å²) in [7, 11) is 0. The number of rotatable bonds is 6. The molecule has 0 atom stereocenters. The predicted molar refractivity (Wildman–Crippen MR) is 67.0 cm³/mol. The largest absolute Gasteiger partial charge is 0.481 e. The van der Waals surface area contributed by atoms with Gasteiger partial charge in [0, 0.05) is 24.4 Å². The van der Waals surface area contributed by atoms with Crippen molar-refractivity contribution < 1.29 is 19.5 Å². The van der Waals surface area contributed by atoms with Gasteiger partial charge in [-0.05, 0) is 27.7 Å². The van der Waals surface area contributed by atoms with E-state index in [1.807, 2.05) is 0 Å². The van der Waals surface area contributed by atoms with Gasteiger partial charge in [0.2, 0.25) is 11.8 Å². The van der Waals surface area contributed by atoms with E-state index in [9.17, 15) is 14.4 Å². The summed E-state index contributed by atoms with van der Waals surface area (Å²) in [6, 6.07) is 0. The highest BCUT2D eigenvalue weighted by molar-refractivity contribution is 5.80. The van der Waals surface area contributed by atoms with Crippen LogP contribution in [0.3, 0.4) is 0 Å². The van der Waals surface area contributed by atoms with Crippen molar-refractivity contribution in [2.75, 3.05) is 0 Å². The molecule has 0 radical (unpaired) electrons. The molecule has 0 unspecified atom stereocenters. The summed E-state index contributed by atoms with van der Waals surface area (Å²) in [6.45, 7) is 8.14. The van der Waals surface area contributed by atoms with Crippen molar-refractivity contribution in [1.29, 1.82) is 0 Å². The molecule has 0 saturated heterocycles. The molecule has 0 aliphatic carbocycles. The van der Waals surface area contributed by atoms with Gasteiger partial charge in [-0.15, -0.1) is 0 Å². The van der Waals surface area contributed by atoms with E-state index in [1.54, 1.807) is 27.7 Å². The highest BCUT2D eigenvalue weighted by Gasteiger charge is 2.28. The molecule has 0 heterocycles. The molecule has 0 fully saturated rings. The quantitative estimate of drug-likeness (QED) is 0.652. The third-order valence-corrected chi connectivity index (χ3v) is 2.19. The number of carboxylic acids is 1. The topological polar surface area (TPSA) is 95.5 Å². The van der Waals surface area contributed by atoms with Crippen molar-refractivity contribution >= 4 is 17.8 Å². The second-order valence-electron chi connectivity index (χ2n) is 5.74. The monoisotopic (exact) mass is 258 g/mol.